The molecule has 0 unspecified atom stereocenters. The van der Waals surface area contributed by atoms with Gasteiger partial charge in [-0.1, -0.05) is 18.2 Å². The van der Waals surface area contributed by atoms with Crippen LogP contribution in [0.3, 0.4) is 0 Å². The molecule has 0 bridgehead atoms. The van der Waals surface area contributed by atoms with E-state index in [1.54, 1.807) is 17.4 Å². The van der Waals surface area contributed by atoms with Crippen LogP contribution in [0.1, 0.15) is 5.56 Å². The Kier molecular flexibility index (Phi) is 3.86. The molecule has 2 rings (SSSR count). The first-order valence-electron chi connectivity index (χ1n) is 5.15. The topological polar surface area (TPSA) is 33.1 Å². The summed E-state index contributed by atoms with van der Waals surface area (Å²) >= 11 is 1.70. The fraction of sp³-hybridized carbons (Fsp3) is 0.154. The van der Waals surface area contributed by atoms with Gasteiger partial charge < -0.3 is 5.11 Å². The van der Waals surface area contributed by atoms with E-state index in [-0.39, 0.29) is 6.61 Å². The molecule has 0 saturated heterocycles. The molecule has 1 N–H and O–H groups in total. The number of aliphatic hydroxyl groups is 1. The van der Waals surface area contributed by atoms with Crippen molar-refractivity contribution < 1.29 is 5.11 Å². The Morgan fingerprint density at radius 3 is 2.94 bits per heavy atom. The van der Waals surface area contributed by atoms with Crippen LogP contribution in [0.5, 0.6) is 0 Å². The van der Waals surface area contributed by atoms with E-state index in [2.05, 4.69) is 16.4 Å². The molecule has 0 atom stereocenters. The van der Waals surface area contributed by atoms with Gasteiger partial charge in [0.25, 0.3) is 0 Å². The van der Waals surface area contributed by atoms with Crippen LogP contribution in [0.4, 0.5) is 0 Å². The third-order valence-corrected chi connectivity index (χ3v) is 3.23. The van der Waals surface area contributed by atoms with Crippen molar-refractivity contribution in [2.45, 2.75) is 6.42 Å². The van der Waals surface area contributed by atoms with E-state index in [9.17, 15) is 0 Å². The summed E-state index contributed by atoms with van der Waals surface area (Å²) in [5, 5.41) is 10.8. The average molecular weight is 231 g/mol. The SMILES string of the molecule is OC/C=C/Cc1ccsc1-c1ccccn1. The van der Waals surface area contributed by atoms with E-state index >= 15 is 0 Å². The fourth-order valence-corrected chi connectivity index (χ4v) is 2.42. The van der Waals surface area contributed by atoms with Crippen LogP contribution >= 0.6 is 11.3 Å². The second-order valence-electron chi connectivity index (χ2n) is 3.35. The molecule has 0 radical (unpaired) electrons. The molecule has 0 fully saturated rings. The summed E-state index contributed by atoms with van der Waals surface area (Å²) in [5.74, 6) is 0. The molecule has 0 saturated carbocycles. The third-order valence-electron chi connectivity index (χ3n) is 2.25. The monoisotopic (exact) mass is 231 g/mol. The van der Waals surface area contributed by atoms with Crippen LogP contribution < -0.4 is 0 Å². The van der Waals surface area contributed by atoms with Crippen LogP contribution in [0.25, 0.3) is 10.6 Å². The minimum atomic E-state index is 0.100. The molecule has 3 heteroatoms. The van der Waals surface area contributed by atoms with Gasteiger partial charge in [-0.15, -0.1) is 11.3 Å². The molecule has 0 aliphatic carbocycles. The maximum absolute atomic E-state index is 8.68. The Labute approximate surface area is 98.9 Å². The molecular weight excluding hydrogens is 218 g/mol. The molecular formula is C13H13NOS. The first-order chi connectivity index (χ1) is 7.92. The highest BCUT2D eigenvalue weighted by Crippen LogP contribution is 2.28. The highest BCUT2D eigenvalue weighted by molar-refractivity contribution is 7.13. The molecule has 2 nitrogen and oxygen atoms in total. The summed E-state index contributed by atoms with van der Waals surface area (Å²) in [6.07, 6.45) is 6.40. The minimum absolute atomic E-state index is 0.100. The molecule has 16 heavy (non-hydrogen) atoms. The summed E-state index contributed by atoms with van der Waals surface area (Å²) in [4.78, 5) is 5.56. The summed E-state index contributed by atoms with van der Waals surface area (Å²) < 4.78 is 0. The Hall–Kier alpha value is -1.45. The number of aromatic nitrogens is 1. The van der Waals surface area contributed by atoms with Crippen molar-refractivity contribution in [3.8, 4) is 10.6 Å². The number of pyridine rings is 1. The van der Waals surface area contributed by atoms with Crippen LogP contribution in [0.15, 0.2) is 48.0 Å². The van der Waals surface area contributed by atoms with Crippen molar-refractivity contribution in [2.24, 2.45) is 0 Å². The van der Waals surface area contributed by atoms with E-state index in [0.717, 1.165) is 12.1 Å². The zero-order chi connectivity index (χ0) is 11.2. The van der Waals surface area contributed by atoms with Crippen molar-refractivity contribution in [3.05, 3.63) is 53.6 Å². The Morgan fingerprint density at radius 1 is 1.25 bits per heavy atom. The predicted molar refractivity (Wildman–Crippen MR) is 67.5 cm³/mol. The lowest BCUT2D eigenvalue weighted by Gasteiger charge is -2.00. The Morgan fingerprint density at radius 2 is 2.19 bits per heavy atom. The highest BCUT2D eigenvalue weighted by Gasteiger charge is 2.05. The van der Waals surface area contributed by atoms with E-state index in [4.69, 9.17) is 5.11 Å². The number of thiophene rings is 1. The molecule has 2 heterocycles. The standard InChI is InChI=1S/C13H13NOS/c15-9-4-2-5-11-7-10-16-13(11)12-6-1-3-8-14-12/h1-4,6-8,10,15H,5,9H2/b4-2+. The number of rotatable bonds is 4. The van der Waals surface area contributed by atoms with Gasteiger partial charge in [0.15, 0.2) is 0 Å². The summed E-state index contributed by atoms with van der Waals surface area (Å²) in [5.41, 5.74) is 2.28. The zero-order valence-corrected chi connectivity index (χ0v) is 9.65. The molecule has 0 aliphatic heterocycles. The summed E-state index contributed by atoms with van der Waals surface area (Å²) in [6.45, 7) is 0.100. The maximum Gasteiger partial charge on any atom is 0.0804 e. The van der Waals surface area contributed by atoms with Crippen molar-refractivity contribution in [3.63, 3.8) is 0 Å². The van der Waals surface area contributed by atoms with Crippen molar-refractivity contribution >= 4 is 11.3 Å². The van der Waals surface area contributed by atoms with Crippen LogP contribution in [-0.4, -0.2) is 16.7 Å². The summed E-state index contributed by atoms with van der Waals surface area (Å²) in [7, 11) is 0. The lowest BCUT2D eigenvalue weighted by atomic mass is 10.1. The van der Waals surface area contributed by atoms with Gasteiger partial charge >= 0.3 is 0 Å². The number of hydrogen-bond donors (Lipinski definition) is 1. The molecule has 2 aromatic rings. The Bertz CT molecular complexity index is 462. The molecule has 0 aliphatic rings. The van der Waals surface area contributed by atoms with E-state index in [0.29, 0.717) is 0 Å². The third kappa shape index (κ3) is 2.56. The normalized spacial score (nSPS) is 11.1. The van der Waals surface area contributed by atoms with Crippen LogP contribution in [0.2, 0.25) is 0 Å². The first-order valence-corrected chi connectivity index (χ1v) is 6.03. The van der Waals surface area contributed by atoms with Gasteiger partial charge in [-0.25, -0.2) is 0 Å². The molecule has 0 amide bonds. The Balaban J connectivity index is 2.23. The number of nitrogens with zero attached hydrogens (tertiary/aromatic N) is 1. The minimum Gasteiger partial charge on any atom is -0.392 e. The van der Waals surface area contributed by atoms with Gasteiger partial charge in [-0.2, -0.15) is 0 Å². The fourth-order valence-electron chi connectivity index (χ4n) is 1.50. The number of hydrogen-bond acceptors (Lipinski definition) is 3. The van der Waals surface area contributed by atoms with Crippen molar-refractivity contribution in [1.29, 1.82) is 0 Å². The van der Waals surface area contributed by atoms with E-state index < -0.39 is 0 Å². The van der Waals surface area contributed by atoms with Gasteiger partial charge in [-0.05, 0) is 35.6 Å². The van der Waals surface area contributed by atoms with Gasteiger partial charge in [0, 0.05) is 6.20 Å². The van der Waals surface area contributed by atoms with Gasteiger partial charge in [-0.3, -0.25) is 4.98 Å². The van der Waals surface area contributed by atoms with Gasteiger partial charge in [0.05, 0.1) is 17.2 Å². The first kappa shape index (κ1) is 11.0. The van der Waals surface area contributed by atoms with E-state index in [1.807, 2.05) is 30.5 Å². The average Bonchev–Trinajstić information content (AvgIpc) is 2.79. The number of aliphatic hydroxyl groups excluding tert-OH is 1. The van der Waals surface area contributed by atoms with Gasteiger partial charge in [0.1, 0.15) is 0 Å². The van der Waals surface area contributed by atoms with Crippen LogP contribution in [-0.2, 0) is 6.42 Å². The molecule has 82 valence electrons. The maximum atomic E-state index is 8.68. The predicted octanol–water partition coefficient (Wildman–Crippen LogP) is 2.90. The second-order valence-corrected chi connectivity index (χ2v) is 4.26. The lowest BCUT2D eigenvalue weighted by Crippen LogP contribution is -1.85. The highest BCUT2D eigenvalue weighted by atomic mass is 32.1. The largest absolute Gasteiger partial charge is 0.392 e. The second kappa shape index (κ2) is 5.58. The molecule has 2 aromatic heterocycles. The van der Waals surface area contributed by atoms with Gasteiger partial charge in [0.2, 0.25) is 0 Å². The molecule has 0 spiro atoms. The molecule has 0 aromatic carbocycles. The zero-order valence-electron chi connectivity index (χ0n) is 8.84. The van der Waals surface area contributed by atoms with E-state index in [1.165, 1.54) is 10.4 Å². The number of allylic oxidation sites excluding steroid dienone is 1. The quantitative estimate of drug-likeness (QED) is 0.821. The smallest absolute Gasteiger partial charge is 0.0804 e. The summed E-state index contributed by atoms with van der Waals surface area (Å²) in [6, 6.07) is 8.04. The lowest BCUT2D eigenvalue weighted by molar-refractivity contribution is 0.342. The van der Waals surface area contributed by atoms with Crippen molar-refractivity contribution in [2.75, 3.05) is 6.61 Å². The van der Waals surface area contributed by atoms with Crippen LogP contribution in [0, 0.1) is 0 Å². The van der Waals surface area contributed by atoms with Crippen molar-refractivity contribution in [1.82, 2.24) is 4.98 Å².